The second-order valence-corrected chi connectivity index (χ2v) is 7.64. The highest BCUT2D eigenvalue weighted by Crippen LogP contribution is 2.40. The van der Waals surface area contributed by atoms with Crippen LogP contribution in [0, 0.1) is 0 Å². The number of aromatic nitrogens is 1. The van der Waals surface area contributed by atoms with Crippen LogP contribution in [0.2, 0.25) is 0 Å². The molecule has 0 N–H and O–H groups in total. The van der Waals surface area contributed by atoms with Crippen molar-refractivity contribution >= 4 is 6.09 Å². The Bertz CT molecular complexity index is 1150. The molecule has 31 heavy (non-hydrogen) atoms. The van der Waals surface area contributed by atoms with Crippen molar-refractivity contribution in [1.29, 1.82) is 0 Å². The lowest BCUT2D eigenvalue weighted by Gasteiger charge is -2.14. The molecule has 0 atom stereocenters. The van der Waals surface area contributed by atoms with Gasteiger partial charge in [-0.1, -0.05) is 103 Å². The third kappa shape index (κ3) is 3.71. The van der Waals surface area contributed by atoms with Crippen LogP contribution < -0.4 is 0 Å². The van der Waals surface area contributed by atoms with Crippen molar-refractivity contribution in [3.8, 4) is 22.5 Å². The maximum atomic E-state index is 13.5. The number of hydrogen-bond acceptors (Lipinski definition) is 2. The number of ether oxygens (including phenoxy) is 1. The topological polar surface area (TPSA) is 31.2 Å². The molecule has 1 aromatic heterocycles. The summed E-state index contributed by atoms with van der Waals surface area (Å²) in [6, 6.07) is 30.1. The van der Waals surface area contributed by atoms with Gasteiger partial charge in [-0.2, -0.15) is 0 Å². The molecule has 0 unspecified atom stereocenters. The smallest absolute Gasteiger partial charge is 0.419 e. The maximum Gasteiger partial charge on any atom is 0.419 e. The Labute approximate surface area is 182 Å². The summed E-state index contributed by atoms with van der Waals surface area (Å²) in [5, 5.41) is 0. The van der Waals surface area contributed by atoms with Gasteiger partial charge in [0.05, 0.1) is 11.4 Å². The summed E-state index contributed by atoms with van der Waals surface area (Å²) in [7, 11) is 0. The zero-order valence-corrected chi connectivity index (χ0v) is 17.2. The zero-order valence-electron chi connectivity index (χ0n) is 17.2. The van der Waals surface area contributed by atoms with Gasteiger partial charge in [0.2, 0.25) is 0 Å². The van der Waals surface area contributed by atoms with E-state index in [9.17, 15) is 4.79 Å². The van der Waals surface area contributed by atoms with Crippen LogP contribution >= 0.6 is 0 Å². The fourth-order valence-electron chi connectivity index (χ4n) is 4.27. The fourth-order valence-corrected chi connectivity index (χ4v) is 4.27. The zero-order chi connectivity index (χ0) is 21.0. The lowest BCUT2D eigenvalue weighted by atomic mass is 9.93. The maximum absolute atomic E-state index is 13.5. The monoisotopic (exact) mass is 405 g/mol. The van der Waals surface area contributed by atoms with Gasteiger partial charge < -0.3 is 4.74 Å². The molecule has 1 aliphatic rings. The normalized spacial score (nSPS) is 12.4. The molecular weight excluding hydrogens is 382 g/mol. The molecule has 0 bridgehead atoms. The molecule has 3 aromatic carbocycles. The number of benzene rings is 3. The van der Waals surface area contributed by atoms with Crippen LogP contribution in [-0.4, -0.2) is 10.7 Å². The Morgan fingerprint density at radius 2 is 1.13 bits per heavy atom. The predicted molar refractivity (Wildman–Crippen MR) is 124 cm³/mol. The van der Waals surface area contributed by atoms with Gasteiger partial charge in [0, 0.05) is 0 Å². The van der Waals surface area contributed by atoms with Crippen molar-refractivity contribution in [2.75, 3.05) is 0 Å². The standard InChI is InChI=1S/C28H23NO2/c30-28(31-20-21-12-4-1-5-13-21)29-26(22-14-6-2-7-15-22)24-18-10-11-19-25(24)27(29)23-16-8-3-9-17-23/h1-17H,18-20H2. The van der Waals surface area contributed by atoms with Gasteiger partial charge in [-0.15, -0.1) is 0 Å². The Morgan fingerprint density at radius 3 is 1.61 bits per heavy atom. The average molecular weight is 405 g/mol. The number of carbonyl (C=O) groups is 1. The van der Waals surface area contributed by atoms with Gasteiger partial charge in [-0.05, 0) is 40.7 Å². The summed E-state index contributed by atoms with van der Waals surface area (Å²) < 4.78 is 7.60. The first kappa shape index (κ1) is 19.1. The fraction of sp³-hybridized carbons (Fsp3) is 0.107. The van der Waals surface area contributed by atoms with Gasteiger partial charge in [0.25, 0.3) is 0 Å². The van der Waals surface area contributed by atoms with Crippen LogP contribution in [0.3, 0.4) is 0 Å². The predicted octanol–water partition coefficient (Wildman–Crippen LogP) is 6.66. The molecule has 1 heterocycles. The van der Waals surface area contributed by atoms with E-state index in [0.29, 0.717) is 0 Å². The van der Waals surface area contributed by atoms with Crippen LogP contribution in [-0.2, 0) is 24.2 Å². The molecular formula is C28H23NO2. The number of hydrogen-bond donors (Lipinski definition) is 0. The van der Waals surface area contributed by atoms with E-state index in [4.69, 9.17) is 4.74 Å². The van der Waals surface area contributed by atoms with Crippen molar-refractivity contribution in [2.24, 2.45) is 0 Å². The number of rotatable bonds is 4. The quantitative estimate of drug-likeness (QED) is 0.355. The van der Waals surface area contributed by atoms with Gasteiger partial charge >= 0.3 is 6.09 Å². The molecule has 3 nitrogen and oxygen atoms in total. The molecule has 0 fully saturated rings. The lowest BCUT2D eigenvalue weighted by Crippen LogP contribution is -2.16. The largest absolute Gasteiger partial charge is 0.444 e. The number of carbonyl (C=O) groups excluding carboxylic acids is 1. The first-order valence-corrected chi connectivity index (χ1v) is 10.6. The third-order valence-corrected chi connectivity index (χ3v) is 5.68. The second-order valence-electron chi connectivity index (χ2n) is 7.64. The molecule has 0 spiro atoms. The number of fused-ring (bicyclic) bond motifs is 1. The van der Waals surface area contributed by atoms with Gasteiger partial charge in [0.1, 0.15) is 6.61 Å². The van der Waals surface area contributed by atoms with Crippen LogP contribution in [0.5, 0.6) is 0 Å². The number of allylic oxidation sites excluding steroid dienone is 2. The van der Waals surface area contributed by atoms with Crippen molar-refractivity contribution < 1.29 is 9.53 Å². The summed E-state index contributed by atoms with van der Waals surface area (Å²) >= 11 is 0. The SMILES string of the molecule is O=C(OCc1ccccc1)n1c(-c2ccccc2)c2c(c1-c1ccccc1)CC=CC2. The minimum atomic E-state index is -0.351. The Morgan fingerprint density at radius 1 is 0.677 bits per heavy atom. The van der Waals surface area contributed by atoms with E-state index in [2.05, 4.69) is 36.4 Å². The van der Waals surface area contributed by atoms with E-state index in [-0.39, 0.29) is 12.7 Å². The first-order chi connectivity index (χ1) is 15.3. The Hall–Kier alpha value is -3.85. The van der Waals surface area contributed by atoms with Crippen molar-refractivity contribution in [3.05, 3.63) is 120 Å². The summed E-state index contributed by atoms with van der Waals surface area (Å²) in [6.45, 7) is 0.239. The van der Waals surface area contributed by atoms with E-state index < -0.39 is 0 Å². The van der Waals surface area contributed by atoms with Crippen LogP contribution in [0.15, 0.2) is 103 Å². The average Bonchev–Trinajstić information content (AvgIpc) is 3.19. The van der Waals surface area contributed by atoms with E-state index in [1.807, 2.05) is 66.7 Å². The molecule has 1 aliphatic carbocycles. The van der Waals surface area contributed by atoms with Crippen LogP contribution in [0.1, 0.15) is 16.7 Å². The van der Waals surface area contributed by atoms with Gasteiger partial charge in [-0.3, -0.25) is 0 Å². The van der Waals surface area contributed by atoms with E-state index in [1.54, 1.807) is 4.57 Å². The molecule has 4 aromatic rings. The van der Waals surface area contributed by atoms with Gasteiger partial charge in [0.15, 0.2) is 0 Å². The van der Waals surface area contributed by atoms with Crippen LogP contribution in [0.4, 0.5) is 4.79 Å². The Kier molecular flexibility index (Phi) is 5.24. The van der Waals surface area contributed by atoms with Crippen molar-refractivity contribution in [1.82, 2.24) is 4.57 Å². The minimum Gasteiger partial charge on any atom is -0.444 e. The van der Waals surface area contributed by atoms with E-state index in [1.165, 1.54) is 11.1 Å². The highest BCUT2D eigenvalue weighted by Gasteiger charge is 2.28. The second kappa shape index (κ2) is 8.49. The molecule has 0 amide bonds. The van der Waals surface area contributed by atoms with Crippen molar-refractivity contribution in [3.63, 3.8) is 0 Å². The summed E-state index contributed by atoms with van der Waals surface area (Å²) in [6.07, 6.45) is 5.62. The molecule has 152 valence electrons. The summed E-state index contributed by atoms with van der Waals surface area (Å²) in [5.74, 6) is 0. The minimum absolute atomic E-state index is 0.239. The first-order valence-electron chi connectivity index (χ1n) is 10.6. The summed E-state index contributed by atoms with van der Waals surface area (Å²) in [5.41, 5.74) is 7.26. The van der Waals surface area contributed by atoms with Crippen LogP contribution in [0.25, 0.3) is 22.5 Å². The highest BCUT2D eigenvalue weighted by atomic mass is 16.5. The van der Waals surface area contributed by atoms with Crippen molar-refractivity contribution in [2.45, 2.75) is 19.4 Å². The van der Waals surface area contributed by atoms with Gasteiger partial charge in [-0.25, -0.2) is 9.36 Å². The molecule has 3 heteroatoms. The number of nitrogens with zero attached hydrogens (tertiary/aromatic N) is 1. The summed E-state index contributed by atoms with van der Waals surface area (Å²) in [4.78, 5) is 13.5. The molecule has 0 saturated heterocycles. The molecule has 0 radical (unpaired) electrons. The molecule has 0 saturated carbocycles. The lowest BCUT2D eigenvalue weighted by molar-refractivity contribution is 0.142. The third-order valence-electron chi connectivity index (χ3n) is 5.68. The van der Waals surface area contributed by atoms with E-state index >= 15 is 0 Å². The highest BCUT2D eigenvalue weighted by molar-refractivity contribution is 5.90. The Balaban J connectivity index is 1.67. The molecule has 5 rings (SSSR count). The van der Waals surface area contributed by atoms with E-state index in [0.717, 1.165) is 40.9 Å². The molecule has 0 aliphatic heterocycles.